The quantitative estimate of drug-likeness (QED) is 0.545. The van der Waals surface area contributed by atoms with E-state index >= 15 is 0 Å². The van der Waals surface area contributed by atoms with Crippen molar-refractivity contribution in [2.75, 3.05) is 6.54 Å². The Morgan fingerprint density at radius 3 is 2.38 bits per heavy atom. The summed E-state index contributed by atoms with van der Waals surface area (Å²) in [6.45, 7) is 1.93. The number of rotatable bonds is 6. The van der Waals surface area contributed by atoms with Gasteiger partial charge in [-0.25, -0.2) is 0 Å². The molecule has 0 fully saturated rings. The molecule has 6 heteroatoms. The fourth-order valence-electron chi connectivity index (χ4n) is 1.31. The molecule has 0 aliphatic heterocycles. The first kappa shape index (κ1) is 12.6. The first-order valence-electron chi connectivity index (χ1n) is 4.20. The highest BCUT2D eigenvalue weighted by molar-refractivity contribution is 7.39. The smallest absolute Gasteiger partial charge is 0.307 e. The third-order valence-electron chi connectivity index (χ3n) is 2.04. The molecule has 0 aromatic carbocycles. The highest BCUT2D eigenvalue weighted by atomic mass is 31.1. The average Bonchev–Trinajstić information content (AvgIpc) is 2.03. The average molecular weight is 209 g/mol. The summed E-state index contributed by atoms with van der Waals surface area (Å²) in [6.07, 6.45) is 0.649. The topological polar surface area (TPSA) is 101 Å². The van der Waals surface area contributed by atoms with Crippen LogP contribution in [-0.2, 0) is 9.36 Å². The lowest BCUT2D eigenvalue weighted by molar-refractivity contribution is -0.141. The normalized spacial score (nSPS) is 17.8. The van der Waals surface area contributed by atoms with Gasteiger partial charge in [-0.3, -0.25) is 9.36 Å². The Kier molecular flexibility index (Phi) is 5.95. The van der Waals surface area contributed by atoms with E-state index in [4.69, 9.17) is 15.7 Å². The minimum Gasteiger partial charge on any atom is -0.481 e. The van der Waals surface area contributed by atoms with E-state index in [9.17, 15) is 9.36 Å². The van der Waals surface area contributed by atoms with E-state index in [1.165, 1.54) is 0 Å². The van der Waals surface area contributed by atoms with Crippen LogP contribution in [0.2, 0.25) is 0 Å². The van der Waals surface area contributed by atoms with E-state index in [2.05, 4.69) is 0 Å². The molecule has 13 heavy (non-hydrogen) atoms. The molecule has 0 aromatic rings. The lowest BCUT2D eigenvalue weighted by Crippen LogP contribution is -2.27. The maximum absolute atomic E-state index is 10.9. The van der Waals surface area contributed by atoms with Crippen LogP contribution >= 0.6 is 8.03 Å². The van der Waals surface area contributed by atoms with Crippen molar-refractivity contribution in [1.29, 1.82) is 0 Å². The standard InChI is InChI=1S/C7H16NO4P/c1-2-5(7(9)10)6(3-4-8)13(11)12/h5-6,13H,2-4,8H2,1H3,(H,9,10)(H,11,12). The number of nitrogens with two attached hydrogens (primary N) is 1. The Morgan fingerprint density at radius 1 is 1.62 bits per heavy atom. The van der Waals surface area contributed by atoms with Gasteiger partial charge in [0.1, 0.15) is 0 Å². The lowest BCUT2D eigenvalue weighted by Gasteiger charge is -2.19. The molecule has 0 aliphatic rings. The molecule has 0 aromatic heterocycles. The van der Waals surface area contributed by atoms with Gasteiger partial charge in [-0.15, -0.1) is 0 Å². The summed E-state index contributed by atoms with van der Waals surface area (Å²) in [5, 5.41) is 8.74. The van der Waals surface area contributed by atoms with E-state index in [0.29, 0.717) is 12.8 Å². The molecular formula is C7H16NO4P. The van der Waals surface area contributed by atoms with Gasteiger partial charge < -0.3 is 15.7 Å². The van der Waals surface area contributed by atoms with Crippen molar-refractivity contribution in [3.8, 4) is 0 Å². The molecule has 0 saturated heterocycles. The van der Waals surface area contributed by atoms with Gasteiger partial charge in [-0.05, 0) is 19.4 Å². The molecule has 5 nitrogen and oxygen atoms in total. The summed E-state index contributed by atoms with van der Waals surface area (Å²) < 4.78 is 10.9. The van der Waals surface area contributed by atoms with Crippen LogP contribution in [0.1, 0.15) is 19.8 Å². The van der Waals surface area contributed by atoms with Crippen LogP contribution in [0.25, 0.3) is 0 Å². The Balaban J connectivity index is 4.48. The Hall–Kier alpha value is -0.380. The number of carbonyl (C=O) groups is 1. The van der Waals surface area contributed by atoms with Gasteiger partial charge in [0.05, 0.1) is 5.92 Å². The molecule has 0 aliphatic carbocycles. The SMILES string of the molecule is CCC(C(=O)O)C(CCN)[PH](=O)O. The van der Waals surface area contributed by atoms with Gasteiger partial charge in [0.15, 0.2) is 8.03 Å². The fourth-order valence-corrected chi connectivity index (χ4v) is 2.44. The summed E-state index contributed by atoms with van der Waals surface area (Å²) in [6, 6.07) is 0. The molecule has 0 amide bonds. The number of hydrogen-bond donors (Lipinski definition) is 3. The minimum absolute atomic E-state index is 0.241. The van der Waals surface area contributed by atoms with Crippen LogP contribution < -0.4 is 5.73 Å². The molecule has 0 bridgehead atoms. The zero-order chi connectivity index (χ0) is 10.4. The van der Waals surface area contributed by atoms with Gasteiger partial charge in [-0.1, -0.05) is 6.92 Å². The van der Waals surface area contributed by atoms with Crippen LogP contribution in [0.3, 0.4) is 0 Å². The molecule has 3 unspecified atom stereocenters. The number of aliphatic carboxylic acids is 1. The second-order valence-corrected chi connectivity index (χ2v) is 4.29. The van der Waals surface area contributed by atoms with Crippen LogP contribution in [-0.4, -0.2) is 28.2 Å². The predicted molar refractivity (Wildman–Crippen MR) is 50.1 cm³/mol. The van der Waals surface area contributed by atoms with E-state index in [-0.39, 0.29) is 6.54 Å². The van der Waals surface area contributed by atoms with Gasteiger partial charge in [0.25, 0.3) is 0 Å². The maximum Gasteiger partial charge on any atom is 0.307 e. The van der Waals surface area contributed by atoms with Gasteiger partial charge >= 0.3 is 5.97 Å². The summed E-state index contributed by atoms with van der Waals surface area (Å²) in [5.74, 6) is -1.77. The third-order valence-corrected chi connectivity index (χ3v) is 3.36. The predicted octanol–water partition coefficient (Wildman–Crippen LogP) is 0.282. The van der Waals surface area contributed by atoms with Crippen molar-refractivity contribution in [3.05, 3.63) is 0 Å². The fraction of sp³-hybridized carbons (Fsp3) is 0.857. The number of carboxylic acids is 1. The van der Waals surface area contributed by atoms with Crippen molar-refractivity contribution in [2.24, 2.45) is 11.7 Å². The molecule has 78 valence electrons. The molecule has 0 radical (unpaired) electrons. The van der Waals surface area contributed by atoms with Crippen LogP contribution in [0.5, 0.6) is 0 Å². The highest BCUT2D eigenvalue weighted by Gasteiger charge is 2.29. The van der Waals surface area contributed by atoms with Crippen molar-refractivity contribution < 1.29 is 19.4 Å². The van der Waals surface area contributed by atoms with Crippen molar-refractivity contribution in [1.82, 2.24) is 0 Å². The molecule has 0 rings (SSSR count). The summed E-state index contributed by atoms with van der Waals surface area (Å²) in [5.41, 5.74) is 4.55. The Bertz CT molecular complexity index is 197. The zero-order valence-corrected chi connectivity index (χ0v) is 8.56. The van der Waals surface area contributed by atoms with E-state index in [0.717, 1.165) is 0 Å². The molecule has 0 saturated carbocycles. The Morgan fingerprint density at radius 2 is 2.15 bits per heavy atom. The lowest BCUT2D eigenvalue weighted by atomic mass is 10.00. The largest absolute Gasteiger partial charge is 0.481 e. The zero-order valence-electron chi connectivity index (χ0n) is 7.56. The van der Waals surface area contributed by atoms with E-state index in [1.54, 1.807) is 6.92 Å². The van der Waals surface area contributed by atoms with Crippen molar-refractivity contribution >= 4 is 14.0 Å². The number of hydrogen-bond acceptors (Lipinski definition) is 3. The second-order valence-electron chi connectivity index (χ2n) is 2.88. The van der Waals surface area contributed by atoms with Crippen LogP contribution in [0, 0.1) is 5.92 Å². The highest BCUT2D eigenvalue weighted by Crippen LogP contribution is 2.33. The van der Waals surface area contributed by atoms with Crippen LogP contribution in [0.15, 0.2) is 0 Å². The van der Waals surface area contributed by atoms with Crippen molar-refractivity contribution in [2.45, 2.75) is 25.4 Å². The maximum atomic E-state index is 10.9. The van der Waals surface area contributed by atoms with Gasteiger partial charge in [-0.2, -0.15) is 0 Å². The third kappa shape index (κ3) is 3.89. The number of carboxylic acid groups (broad SMARTS) is 1. The van der Waals surface area contributed by atoms with Crippen LogP contribution in [0.4, 0.5) is 0 Å². The molecule has 4 N–H and O–H groups in total. The molecule has 3 atom stereocenters. The molecule has 0 spiro atoms. The van der Waals surface area contributed by atoms with E-state index in [1.807, 2.05) is 0 Å². The Labute approximate surface area is 77.8 Å². The summed E-state index contributed by atoms with van der Waals surface area (Å²) in [4.78, 5) is 19.6. The molecule has 0 heterocycles. The van der Waals surface area contributed by atoms with Gasteiger partial charge in [0, 0.05) is 5.66 Å². The van der Waals surface area contributed by atoms with Gasteiger partial charge in [0.2, 0.25) is 0 Å². The second kappa shape index (κ2) is 6.13. The molecular weight excluding hydrogens is 193 g/mol. The summed E-state index contributed by atoms with van der Waals surface area (Å²) in [7, 11) is -2.80. The monoisotopic (exact) mass is 209 g/mol. The van der Waals surface area contributed by atoms with Crippen molar-refractivity contribution in [3.63, 3.8) is 0 Å². The summed E-state index contributed by atoms with van der Waals surface area (Å²) >= 11 is 0. The minimum atomic E-state index is -2.80. The first-order valence-corrected chi connectivity index (χ1v) is 5.63. The first-order chi connectivity index (χ1) is 6.04. The van der Waals surface area contributed by atoms with E-state index < -0.39 is 25.6 Å².